The van der Waals surface area contributed by atoms with Crippen molar-refractivity contribution in [1.29, 1.82) is 5.26 Å². The van der Waals surface area contributed by atoms with E-state index in [-0.39, 0.29) is 28.6 Å². The molecule has 1 fully saturated rings. The average Bonchev–Trinajstić information content (AvgIpc) is 2.69. The molecule has 1 amide bonds. The van der Waals surface area contributed by atoms with Gasteiger partial charge in [-0.1, -0.05) is 11.6 Å². The monoisotopic (exact) mass is 405 g/mol. The number of nitrogens with one attached hydrogen (secondary N) is 1. The molecule has 3 rings (SSSR count). The van der Waals surface area contributed by atoms with Gasteiger partial charge in [0.2, 0.25) is 10.0 Å². The molecule has 0 bridgehead atoms. The summed E-state index contributed by atoms with van der Waals surface area (Å²) in [6.07, 6.45) is 0. The van der Waals surface area contributed by atoms with Crippen molar-refractivity contribution in [3.63, 3.8) is 0 Å². The van der Waals surface area contributed by atoms with E-state index in [9.17, 15) is 13.2 Å². The van der Waals surface area contributed by atoms with Gasteiger partial charge in [0.15, 0.2) is 0 Å². The highest BCUT2D eigenvalue weighted by atomic mass is 35.5. The van der Waals surface area contributed by atoms with Crippen molar-refractivity contribution in [2.75, 3.05) is 31.6 Å². The normalized spacial score (nSPS) is 15.1. The van der Waals surface area contributed by atoms with Crippen molar-refractivity contribution in [3.05, 3.63) is 58.6 Å². The summed E-state index contributed by atoms with van der Waals surface area (Å²) in [5.41, 5.74) is 1.13. The molecule has 1 heterocycles. The van der Waals surface area contributed by atoms with Crippen LogP contribution in [0, 0.1) is 11.3 Å². The van der Waals surface area contributed by atoms with Gasteiger partial charge in [-0.05, 0) is 42.5 Å². The molecule has 0 atom stereocenters. The highest BCUT2D eigenvalue weighted by molar-refractivity contribution is 7.89. The van der Waals surface area contributed by atoms with E-state index in [0.29, 0.717) is 24.5 Å². The topological polar surface area (TPSA) is 99.5 Å². The summed E-state index contributed by atoms with van der Waals surface area (Å²) in [4.78, 5) is 12.4. The molecule has 140 valence electrons. The first-order valence-corrected chi connectivity index (χ1v) is 9.92. The van der Waals surface area contributed by atoms with Gasteiger partial charge in [-0.25, -0.2) is 8.42 Å². The van der Waals surface area contributed by atoms with Crippen LogP contribution < -0.4 is 5.32 Å². The first-order valence-electron chi connectivity index (χ1n) is 8.11. The highest BCUT2D eigenvalue weighted by Gasteiger charge is 2.29. The Morgan fingerprint density at radius 3 is 2.44 bits per heavy atom. The Labute approximate surface area is 162 Å². The van der Waals surface area contributed by atoms with E-state index < -0.39 is 15.9 Å². The molecule has 0 aromatic heterocycles. The second kappa shape index (κ2) is 8.06. The molecule has 0 unspecified atom stereocenters. The number of rotatable bonds is 4. The van der Waals surface area contributed by atoms with Crippen LogP contribution in [-0.2, 0) is 14.8 Å². The van der Waals surface area contributed by atoms with Crippen molar-refractivity contribution in [3.8, 4) is 6.07 Å². The zero-order valence-electron chi connectivity index (χ0n) is 14.2. The van der Waals surface area contributed by atoms with Gasteiger partial charge in [0, 0.05) is 24.3 Å². The molecular formula is C18H16ClN3O4S. The third kappa shape index (κ3) is 4.28. The Bertz CT molecular complexity index is 994. The van der Waals surface area contributed by atoms with Crippen LogP contribution in [0.1, 0.15) is 15.9 Å². The van der Waals surface area contributed by atoms with E-state index in [4.69, 9.17) is 21.6 Å². The Hall–Kier alpha value is -2.44. The number of carbonyl (C=O) groups excluding carboxylic acids is 1. The fraction of sp³-hybridized carbons (Fsp3) is 0.222. The maximum Gasteiger partial charge on any atom is 0.255 e. The van der Waals surface area contributed by atoms with Crippen molar-refractivity contribution < 1.29 is 17.9 Å². The number of carbonyl (C=O) groups is 1. The summed E-state index contributed by atoms with van der Waals surface area (Å²) in [5, 5.41) is 11.5. The molecule has 0 aliphatic carbocycles. The summed E-state index contributed by atoms with van der Waals surface area (Å²) >= 11 is 6.10. The number of benzene rings is 2. The van der Waals surface area contributed by atoms with Gasteiger partial charge < -0.3 is 10.1 Å². The van der Waals surface area contributed by atoms with Gasteiger partial charge in [0.05, 0.1) is 29.9 Å². The maximum absolute atomic E-state index is 12.8. The minimum absolute atomic E-state index is 0.0522. The van der Waals surface area contributed by atoms with Crippen molar-refractivity contribution in [2.24, 2.45) is 0 Å². The lowest BCUT2D eigenvalue weighted by atomic mass is 10.2. The SMILES string of the molecule is N#Cc1ccc(NC(=O)c2ccc(Cl)c(S(=O)(=O)N3CCOCC3)c2)cc1. The third-order valence-electron chi connectivity index (χ3n) is 4.05. The number of halogens is 1. The molecule has 1 N–H and O–H groups in total. The number of hydrogen-bond donors (Lipinski definition) is 1. The van der Waals surface area contributed by atoms with Crippen LogP contribution in [0.5, 0.6) is 0 Å². The number of morpholine rings is 1. The summed E-state index contributed by atoms with van der Waals surface area (Å²) in [6, 6.07) is 12.5. The Morgan fingerprint density at radius 2 is 1.81 bits per heavy atom. The average molecular weight is 406 g/mol. The maximum atomic E-state index is 12.8. The van der Waals surface area contributed by atoms with Crippen LogP contribution in [-0.4, -0.2) is 44.9 Å². The Morgan fingerprint density at radius 1 is 1.15 bits per heavy atom. The predicted octanol–water partition coefficient (Wildman–Crippen LogP) is 2.48. The van der Waals surface area contributed by atoms with Gasteiger partial charge in [0.25, 0.3) is 5.91 Å². The van der Waals surface area contributed by atoms with Crippen LogP contribution in [0.15, 0.2) is 47.4 Å². The van der Waals surface area contributed by atoms with Gasteiger partial charge in [-0.15, -0.1) is 0 Å². The summed E-state index contributed by atoms with van der Waals surface area (Å²) in [5.74, 6) is -0.477. The predicted molar refractivity (Wildman–Crippen MR) is 100 cm³/mol. The third-order valence-corrected chi connectivity index (χ3v) is 6.43. The molecule has 0 spiro atoms. The lowest BCUT2D eigenvalue weighted by molar-refractivity contribution is 0.0730. The molecule has 0 radical (unpaired) electrons. The summed E-state index contributed by atoms with van der Waals surface area (Å²) in [6.45, 7) is 1.10. The lowest BCUT2D eigenvalue weighted by Crippen LogP contribution is -2.40. The first-order chi connectivity index (χ1) is 12.9. The van der Waals surface area contributed by atoms with Crippen LogP contribution in [0.4, 0.5) is 5.69 Å². The largest absolute Gasteiger partial charge is 0.379 e. The van der Waals surface area contributed by atoms with Crippen molar-refractivity contribution in [1.82, 2.24) is 4.31 Å². The number of ether oxygens (including phenoxy) is 1. The molecule has 7 nitrogen and oxygen atoms in total. The number of nitrogens with zero attached hydrogens (tertiary/aromatic N) is 2. The molecule has 27 heavy (non-hydrogen) atoms. The smallest absolute Gasteiger partial charge is 0.255 e. The minimum atomic E-state index is -3.83. The molecule has 9 heteroatoms. The first kappa shape index (κ1) is 19.3. The van der Waals surface area contributed by atoms with Gasteiger partial charge in [-0.3, -0.25) is 4.79 Å². The molecule has 1 saturated heterocycles. The van der Waals surface area contributed by atoms with Gasteiger partial charge >= 0.3 is 0 Å². The zero-order chi connectivity index (χ0) is 19.4. The second-order valence-corrected chi connectivity index (χ2v) is 8.12. The highest BCUT2D eigenvalue weighted by Crippen LogP contribution is 2.27. The van der Waals surface area contributed by atoms with Crippen LogP contribution in [0.2, 0.25) is 5.02 Å². The van der Waals surface area contributed by atoms with E-state index in [1.807, 2.05) is 6.07 Å². The zero-order valence-corrected chi connectivity index (χ0v) is 15.8. The molecule has 1 aliphatic rings. The van der Waals surface area contributed by atoms with E-state index in [2.05, 4.69) is 5.32 Å². The molecule has 1 aliphatic heterocycles. The number of sulfonamides is 1. The second-order valence-electron chi connectivity index (χ2n) is 5.80. The van der Waals surface area contributed by atoms with Gasteiger partial charge in [0.1, 0.15) is 4.90 Å². The quantitative estimate of drug-likeness (QED) is 0.842. The number of anilines is 1. The number of nitriles is 1. The Balaban J connectivity index is 1.85. The van der Waals surface area contributed by atoms with Crippen molar-refractivity contribution in [2.45, 2.75) is 4.90 Å². The standard InChI is InChI=1S/C18H16ClN3O4S/c19-16-6-3-14(18(23)21-15-4-1-13(12-20)2-5-15)11-17(16)27(24,25)22-7-9-26-10-8-22/h1-6,11H,7-10H2,(H,21,23). The number of hydrogen-bond acceptors (Lipinski definition) is 5. The molecule has 0 saturated carbocycles. The fourth-order valence-corrected chi connectivity index (χ4v) is 4.51. The van der Waals surface area contributed by atoms with Crippen LogP contribution in [0.25, 0.3) is 0 Å². The number of amides is 1. The van der Waals surface area contributed by atoms with Gasteiger partial charge in [-0.2, -0.15) is 9.57 Å². The lowest BCUT2D eigenvalue weighted by Gasteiger charge is -2.26. The van der Waals surface area contributed by atoms with Crippen molar-refractivity contribution >= 4 is 33.2 Å². The summed E-state index contributed by atoms with van der Waals surface area (Å²) < 4.78 is 32.1. The fourth-order valence-electron chi connectivity index (χ4n) is 2.60. The molecular weight excluding hydrogens is 390 g/mol. The minimum Gasteiger partial charge on any atom is -0.379 e. The Kier molecular flexibility index (Phi) is 5.77. The summed E-state index contributed by atoms with van der Waals surface area (Å²) in [7, 11) is -3.83. The van der Waals surface area contributed by atoms with E-state index >= 15 is 0 Å². The molecule has 2 aromatic carbocycles. The van der Waals surface area contributed by atoms with Crippen LogP contribution in [0.3, 0.4) is 0 Å². The van der Waals surface area contributed by atoms with E-state index in [1.165, 1.54) is 22.5 Å². The van der Waals surface area contributed by atoms with E-state index in [1.54, 1.807) is 24.3 Å². The molecule has 2 aromatic rings. The van der Waals surface area contributed by atoms with Crippen LogP contribution >= 0.6 is 11.6 Å². The van der Waals surface area contributed by atoms with E-state index in [0.717, 1.165) is 0 Å².